The second-order valence-corrected chi connectivity index (χ2v) is 4.17. The monoisotopic (exact) mass is 222 g/mol. The zero-order valence-corrected chi connectivity index (χ0v) is 8.82. The molecule has 1 aliphatic carbocycles. The van der Waals surface area contributed by atoms with E-state index in [-0.39, 0.29) is 17.6 Å². The number of carbonyl (C=O) groups is 1. The maximum Gasteiger partial charge on any atom is 0.257 e. The van der Waals surface area contributed by atoms with Crippen molar-refractivity contribution >= 4 is 5.91 Å². The molecule has 1 fully saturated rings. The molecule has 2 rings (SSSR count). The predicted molar refractivity (Wildman–Crippen MR) is 58.2 cm³/mol. The number of aliphatic hydroxyl groups is 1. The average Bonchev–Trinajstić information content (AvgIpc) is 2.24. The molecule has 1 heterocycles. The van der Waals surface area contributed by atoms with Crippen molar-refractivity contribution in [1.82, 2.24) is 10.3 Å². The molecule has 1 saturated carbocycles. The summed E-state index contributed by atoms with van der Waals surface area (Å²) in [6.07, 6.45) is 5.37. The van der Waals surface area contributed by atoms with Gasteiger partial charge in [0, 0.05) is 18.5 Å². The fourth-order valence-corrected chi connectivity index (χ4v) is 1.83. The van der Waals surface area contributed by atoms with Gasteiger partial charge in [-0.3, -0.25) is 9.59 Å². The molecule has 1 aromatic rings. The summed E-state index contributed by atoms with van der Waals surface area (Å²) < 4.78 is 0. The molecule has 16 heavy (non-hydrogen) atoms. The van der Waals surface area contributed by atoms with Crippen molar-refractivity contribution in [1.29, 1.82) is 0 Å². The molecular weight excluding hydrogens is 208 g/mol. The summed E-state index contributed by atoms with van der Waals surface area (Å²) in [4.78, 5) is 25.9. The molecule has 0 unspecified atom stereocenters. The first-order valence-corrected chi connectivity index (χ1v) is 5.27. The van der Waals surface area contributed by atoms with Crippen molar-refractivity contribution in [2.75, 3.05) is 6.61 Å². The molecule has 0 bridgehead atoms. The Kier molecular flexibility index (Phi) is 2.78. The molecule has 0 saturated heterocycles. The summed E-state index contributed by atoms with van der Waals surface area (Å²) >= 11 is 0. The fraction of sp³-hybridized carbons (Fsp3) is 0.455. The van der Waals surface area contributed by atoms with E-state index in [9.17, 15) is 14.7 Å². The fourth-order valence-electron chi connectivity index (χ4n) is 1.83. The molecule has 0 radical (unpaired) electrons. The van der Waals surface area contributed by atoms with E-state index in [0.717, 1.165) is 19.3 Å². The first kappa shape index (κ1) is 10.9. The molecule has 1 aromatic heterocycles. The van der Waals surface area contributed by atoms with E-state index in [0.29, 0.717) is 0 Å². The highest BCUT2D eigenvalue weighted by Gasteiger charge is 2.38. The molecule has 0 aromatic carbocycles. The Hall–Kier alpha value is -1.62. The van der Waals surface area contributed by atoms with Crippen LogP contribution in [0.25, 0.3) is 0 Å². The second kappa shape index (κ2) is 4.09. The number of nitrogens with one attached hydrogen (secondary N) is 2. The lowest BCUT2D eigenvalue weighted by Crippen LogP contribution is -2.56. The van der Waals surface area contributed by atoms with Gasteiger partial charge >= 0.3 is 0 Å². The first-order valence-electron chi connectivity index (χ1n) is 5.27. The van der Waals surface area contributed by atoms with Gasteiger partial charge in [0.25, 0.3) is 5.91 Å². The molecule has 5 heteroatoms. The first-order chi connectivity index (χ1) is 7.67. The Morgan fingerprint density at radius 1 is 1.56 bits per heavy atom. The third kappa shape index (κ3) is 1.86. The number of aromatic amines is 1. The highest BCUT2D eigenvalue weighted by atomic mass is 16.3. The Labute approximate surface area is 92.5 Å². The van der Waals surface area contributed by atoms with Gasteiger partial charge in [-0.2, -0.15) is 0 Å². The van der Waals surface area contributed by atoms with E-state index in [1.807, 2.05) is 0 Å². The standard InChI is InChI=1S/C11H14N2O3/c14-7-11(3-1-4-11)13-10(16)8-6-12-5-2-9(8)15/h2,5-6,14H,1,3-4,7H2,(H,12,15)(H,13,16). The number of carbonyl (C=O) groups excluding carboxylic acids is 1. The molecule has 5 nitrogen and oxygen atoms in total. The molecule has 3 N–H and O–H groups in total. The number of aliphatic hydroxyl groups excluding tert-OH is 1. The summed E-state index contributed by atoms with van der Waals surface area (Å²) in [5.41, 5.74) is -0.745. The summed E-state index contributed by atoms with van der Waals surface area (Å²) in [6, 6.07) is 1.31. The van der Waals surface area contributed by atoms with Crippen LogP contribution < -0.4 is 10.7 Å². The van der Waals surface area contributed by atoms with Gasteiger partial charge < -0.3 is 15.4 Å². The minimum Gasteiger partial charge on any atom is -0.394 e. The summed E-state index contributed by atoms with van der Waals surface area (Å²) in [5, 5.41) is 11.9. The van der Waals surface area contributed by atoms with Crippen molar-refractivity contribution < 1.29 is 9.90 Å². The lowest BCUT2D eigenvalue weighted by molar-refractivity contribution is 0.0640. The van der Waals surface area contributed by atoms with Crippen molar-refractivity contribution in [3.05, 3.63) is 34.2 Å². The molecule has 0 spiro atoms. The maximum absolute atomic E-state index is 11.8. The third-order valence-electron chi connectivity index (χ3n) is 3.06. The topological polar surface area (TPSA) is 82.2 Å². The number of pyridine rings is 1. The van der Waals surface area contributed by atoms with Crippen molar-refractivity contribution in [3.8, 4) is 0 Å². The highest BCUT2D eigenvalue weighted by molar-refractivity contribution is 5.94. The molecule has 0 aliphatic heterocycles. The van der Waals surface area contributed by atoms with Crippen LogP contribution in [0.15, 0.2) is 23.3 Å². The van der Waals surface area contributed by atoms with Gasteiger partial charge in [0.1, 0.15) is 5.56 Å². The molecular formula is C11H14N2O3. The largest absolute Gasteiger partial charge is 0.394 e. The van der Waals surface area contributed by atoms with Crippen molar-refractivity contribution in [2.45, 2.75) is 24.8 Å². The van der Waals surface area contributed by atoms with Gasteiger partial charge in [-0.25, -0.2) is 0 Å². The number of hydrogen-bond donors (Lipinski definition) is 3. The number of amides is 1. The van der Waals surface area contributed by atoms with E-state index in [4.69, 9.17) is 0 Å². The molecule has 0 atom stereocenters. The third-order valence-corrected chi connectivity index (χ3v) is 3.06. The Balaban J connectivity index is 2.15. The smallest absolute Gasteiger partial charge is 0.257 e. The predicted octanol–water partition coefficient (Wildman–Crippen LogP) is 0.0197. The van der Waals surface area contributed by atoms with E-state index in [1.54, 1.807) is 0 Å². The Morgan fingerprint density at radius 3 is 2.81 bits per heavy atom. The number of H-pyrrole nitrogens is 1. The van der Waals surface area contributed by atoms with Crippen molar-refractivity contribution in [2.24, 2.45) is 0 Å². The van der Waals surface area contributed by atoms with Crippen LogP contribution in [0.2, 0.25) is 0 Å². The maximum atomic E-state index is 11.8. The van der Waals surface area contributed by atoms with Gasteiger partial charge in [0.2, 0.25) is 0 Å². The second-order valence-electron chi connectivity index (χ2n) is 4.17. The van der Waals surface area contributed by atoms with E-state index in [1.165, 1.54) is 18.5 Å². The Bertz CT molecular complexity index is 443. The van der Waals surface area contributed by atoms with Gasteiger partial charge in [-0.05, 0) is 19.3 Å². The van der Waals surface area contributed by atoms with Gasteiger partial charge in [-0.1, -0.05) is 0 Å². The van der Waals surface area contributed by atoms with Crippen LogP contribution in [0.4, 0.5) is 0 Å². The minimum absolute atomic E-state index is 0.0799. The molecule has 86 valence electrons. The normalized spacial score (nSPS) is 17.6. The lowest BCUT2D eigenvalue weighted by Gasteiger charge is -2.40. The van der Waals surface area contributed by atoms with Gasteiger partial charge in [-0.15, -0.1) is 0 Å². The quantitative estimate of drug-likeness (QED) is 0.674. The zero-order chi connectivity index (χ0) is 11.6. The minimum atomic E-state index is -0.515. The summed E-state index contributed by atoms with van der Waals surface area (Å²) in [5.74, 6) is -0.421. The van der Waals surface area contributed by atoms with Crippen molar-refractivity contribution in [3.63, 3.8) is 0 Å². The van der Waals surface area contributed by atoms with Crippen LogP contribution in [-0.2, 0) is 0 Å². The molecule has 1 aliphatic rings. The number of aromatic nitrogens is 1. The number of rotatable bonds is 3. The van der Waals surface area contributed by atoms with Crippen LogP contribution in [0.3, 0.4) is 0 Å². The SMILES string of the molecule is O=C(NC1(CO)CCC1)c1c[nH]ccc1=O. The van der Waals surface area contributed by atoms with Crippen LogP contribution >= 0.6 is 0 Å². The zero-order valence-electron chi connectivity index (χ0n) is 8.82. The summed E-state index contributed by atoms with van der Waals surface area (Å²) in [6.45, 7) is -0.0799. The highest BCUT2D eigenvalue weighted by Crippen LogP contribution is 2.31. The van der Waals surface area contributed by atoms with Gasteiger partial charge in [0.05, 0.1) is 12.1 Å². The molecule has 1 amide bonds. The van der Waals surface area contributed by atoms with E-state index in [2.05, 4.69) is 10.3 Å². The van der Waals surface area contributed by atoms with Crippen LogP contribution in [0, 0.1) is 0 Å². The van der Waals surface area contributed by atoms with Crippen LogP contribution in [0.1, 0.15) is 29.6 Å². The van der Waals surface area contributed by atoms with Crippen LogP contribution in [0.5, 0.6) is 0 Å². The van der Waals surface area contributed by atoms with E-state index < -0.39 is 11.4 Å². The Morgan fingerprint density at radius 2 is 2.31 bits per heavy atom. The summed E-state index contributed by atoms with van der Waals surface area (Å²) in [7, 11) is 0. The number of hydrogen-bond acceptors (Lipinski definition) is 3. The average molecular weight is 222 g/mol. The lowest BCUT2D eigenvalue weighted by atomic mass is 9.77. The van der Waals surface area contributed by atoms with E-state index >= 15 is 0 Å². The van der Waals surface area contributed by atoms with Gasteiger partial charge in [0.15, 0.2) is 5.43 Å². The van der Waals surface area contributed by atoms with Crippen LogP contribution in [-0.4, -0.2) is 28.1 Å².